The van der Waals surface area contributed by atoms with Crippen LogP contribution in [0, 0.1) is 27.7 Å². The molecule has 1 aliphatic heterocycles. The summed E-state index contributed by atoms with van der Waals surface area (Å²) >= 11 is 1.43. The molecule has 29 heavy (non-hydrogen) atoms. The fourth-order valence-corrected chi connectivity index (χ4v) is 6.69. The molecule has 0 amide bonds. The van der Waals surface area contributed by atoms with Crippen molar-refractivity contribution in [2.75, 3.05) is 31.0 Å². The van der Waals surface area contributed by atoms with Crippen LogP contribution in [0.5, 0.6) is 0 Å². The number of thioether (sulfide) groups is 1. The number of rotatable bonds is 8. The summed E-state index contributed by atoms with van der Waals surface area (Å²) in [5.41, 5.74) is 4.49. The number of nitrogens with zero attached hydrogens (tertiary/aromatic N) is 3. The predicted octanol–water partition coefficient (Wildman–Crippen LogP) is 2.90. The Balaban J connectivity index is 1.76. The van der Waals surface area contributed by atoms with Crippen molar-refractivity contribution in [1.82, 2.24) is 14.1 Å². The van der Waals surface area contributed by atoms with Crippen molar-refractivity contribution in [1.29, 1.82) is 0 Å². The molecule has 0 radical (unpaired) electrons. The number of ether oxygens (including phenoxy) is 1. The molecule has 0 aromatic carbocycles. The van der Waals surface area contributed by atoms with E-state index in [4.69, 9.17) is 4.74 Å². The first-order valence-electron chi connectivity index (χ1n) is 9.72. The normalized spacial score (nSPS) is 18.4. The third kappa shape index (κ3) is 4.62. The van der Waals surface area contributed by atoms with E-state index in [0.717, 1.165) is 27.9 Å². The smallest absolute Gasteiger partial charge is 0.175 e. The van der Waals surface area contributed by atoms with Crippen LogP contribution in [0.2, 0.25) is 0 Å². The van der Waals surface area contributed by atoms with Crippen molar-refractivity contribution in [3.63, 3.8) is 0 Å². The molecule has 0 N–H and O–H groups in total. The van der Waals surface area contributed by atoms with Gasteiger partial charge in [0, 0.05) is 42.3 Å². The van der Waals surface area contributed by atoms with Gasteiger partial charge in [-0.2, -0.15) is 0 Å². The maximum Gasteiger partial charge on any atom is 0.175 e. The zero-order valence-electron chi connectivity index (χ0n) is 17.7. The lowest BCUT2D eigenvalue weighted by Crippen LogP contribution is -2.14. The van der Waals surface area contributed by atoms with E-state index in [9.17, 15) is 13.2 Å². The van der Waals surface area contributed by atoms with E-state index in [1.54, 1.807) is 7.11 Å². The van der Waals surface area contributed by atoms with Gasteiger partial charge in [0.05, 0.1) is 29.6 Å². The van der Waals surface area contributed by atoms with Crippen LogP contribution in [-0.2, 0) is 21.1 Å². The zero-order valence-corrected chi connectivity index (χ0v) is 19.3. The number of carbonyl (C=O) groups excluding carboxylic acids is 1. The topological polar surface area (TPSA) is 83.2 Å². The minimum absolute atomic E-state index is 0.0341. The summed E-state index contributed by atoms with van der Waals surface area (Å²) < 4.78 is 33.0. The molecule has 1 aliphatic rings. The number of methoxy groups -OCH3 is 1. The van der Waals surface area contributed by atoms with E-state index in [0.29, 0.717) is 25.1 Å². The van der Waals surface area contributed by atoms with E-state index >= 15 is 0 Å². The molecule has 2 aromatic rings. The average molecular weight is 440 g/mol. The summed E-state index contributed by atoms with van der Waals surface area (Å²) in [7, 11) is -1.31. The number of hydrogen-bond acceptors (Lipinski definition) is 6. The second-order valence-corrected chi connectivity index (χ2v) is 10.8. The molecular weight excluding hydrogens is 410 g/mol. The van der Waals surface area contributed by atoms with Crippen molar-refractivity contribution in [3.8, 4) is 0 Å². The maximum absolute atomic E-state index is 12.9. The lowest BCUT2D eigenvalue weighted by molar-refractivity contribution is 0.102. The molecule has 0 aliphatic carbocycles. The fourth-order valence-electron chi connectivity index (χ4n) is 3.99. The molecule has 1 saturated heterocycles. The molecule has 0 bridgehead atoms. The van der Waals surface area contributed by atoms with Gasteiger partial charge in [0.25, 0.3) is 0 Å². The van der Waals surface area contributed by atoms with Crippen LogP contribution in [-0.4, -0.2) is 59.3 Å². The number of Topliss-reactive ketones (excluding diaryl/α,β-unsaturated/α-hetero) is 1. The highest BCUT2D eigenvalue weighted by atomic mass is 32.2. The van der Waals surface area contributed by atoms with Gasteiger partial charge in [-0.15, -0.1) is 0 Å². The van der Waals surface area contributed by atoms with Crippen LogP contribution in [0.1, 0.15) is 45.6 Å². The van der Waals surface area contributed by atoms with Crippen molar-refractivity contribution in [2.24, 2.45) is 0 Å². The number of ketones is 1. The Kier molecular flexibility index (Phi) is 6.60. The lowest BCUT2D eigenvalue weighted by Gasteiger charge is -2.16. The summed E-state index contributed by atoms with van der Waals surface area (Å²) in [6.07, 6.45) is 0.608. The van der Waals surface area contributed by atoms with Gasteiger partial charge in [-0.1, -0.05) is 11.8 Å². The molecule has 160 valence electrons. The molecule has 7 nitrogen and oxygen atoms in total. The van der Waals surface area contributed by atoms with E-state index in [2.05, 4.69) is 9.55 Å². The van der Waals surface area contributed by atoms with Gasteiger partial charge in [0.1, 0.15) is 0 Å². The van der Waals surface area contributed by atoms with Gasteiger partial charge >= 0.3 is 0 Å². The van der Waals surface area contributed by atoms with Crippen LogP contribution in [0.4, 0.5) is 0 Å². The third-order valence-corrected chi connectivity index (χ3v) is 8.36. The first-order valence-corrected chi connectivity index (χ1v) is 12.5. The first-order chi connectivity index (χ1) is 13.6. The van der Waals surface area contributed by atoms with E-state index < -0.39 is 9.84 Å². The molecule has 1 fully saturated rings. The molecule has 1 atom stereocenters. The number of aryl methyl sites for hydroxylation is 2. The van der Waals surface area contributed by atoms with Gasteiger partial charge in [-0.3, -0.25) is 4.79 Å². The van der Waals surface area contributed by atoms with E-state index in [-0.39, 0.29) is 29.1 Å². The minimum Gasteiger partial charge on any atom is -0.383 e. The van der Waals surface area contributed by atoms with E-state index in [1.807, 2.05) is 38.3 Å². The highest BCUT2D eigenvalue weighted by molar-refractivity contribution is 7.99. The second kappa shape index (κ2) is 8.65. The summed E-state index contributed by atoms with van der Waals surface area (Å²) in [5, 5.41) is 0.820. The van der Waals surface area contributed by atoms with Crippen LogP contribution in [0.25, 0.3) is 0 Å². The quantitative estimate of drug-likeness (QED) is 0.465. The molecule has 3 rings (SSSR count). The van der Waals surface area contributed by atoms with Crippen LogP contribution in [0.15, 0.2) is 11.2 Å². The summed E-state index contributed by atoms with van der Waals surface area (Å²) in [5.74, 6) is 0.695. The Labute approximate surface area is 176 Å². The van der Waals surface area contributed by atoms with E-state index in [1.165, 1.54) is 11.8 Å². The van der Waals surface area contributed by atoms with Gasteiger partial charge in [-0.05, 0) is 40.2 Å². The fraction of sp³-hybridized carbons (Fsp3) is 0.600. The van der Waals surface area contributed by atoms with Crippen LogP contribution in [0.3, 0.4) is 0 Å². The molecular formula is C20H29N3O4S2. The standard InChI is InChI=1S/C20H29N3O4S2/c1-13-10-18(16(4)23(13)17-6-9-29(25,26)12-17)19(24)11-28-20-21-14(2)15(3)22(20)7-8-27-5/h10,17H,6-9,11-12H2,1-5H3. The van der Waals surface area contributed by atoms with Gasteiger partial charge in [-0.25, -0.2) is 13.4 Å². The Morgan fingerprint density at radius 3 is 2.62 bits per heavy atom. The summed E-state index contributed by atoms with van der Waals surface area (Å²) in [6.45, 7) is 9.12. The molecule has 2 aromatic heterocycles. The number of aromatic nitrogens is 3. The number of sulfone groups is 1. The second-order valence-electron chi connectivity index (χ2n) is 7.63. The SMILES string of the molecule is COCCn1c(SCC(=O)c2cc(C)n(C3CCS(=O)(=O)C3)c2C)nc(C)c1C. The number of imidazole rings is 1. The Hall–Kier alpha value is -1.58. The van der Waals surface area contributed by atoms with Crippen molar-refractivity contribution < 1.29 is 17.9 Å². The zero-order chi connectivity index (χ0) is 21.3. The van der Waals surface area contributed by atoms with Crippen LogP contribution >= 0.6 is 11.8 Å². The average Bonchev–Trinajstić information content (AvgIpc) is 3.25. The Morgan fingerprint density at radius 1 is 1.28 bits per heavy atom. The lowest BCUT2D eigenvalue weighted by atomic mass is 10.2. The molecule has 9 heteroatoms. The Morgan fingerprint density at radius 2 is 2.00 bits per heavy atom. The maximum atomic E-state index is 12.9. The van der Waals surface area contributed by atoms with Crippen molar-refractivity contribution in [2.45, 2.75) is 51.9 Å². The molecule has 0 saturated carbocycles. The third-order valence-electron chi connectivity index (χ3n) is 5.63. The number of carbonyl (C=O) groups is 1. The van der Waals surface area contributed by atoms with Crippen LogP contribution < -0.4 is 0 Å². The van der Waals surface area contributed by atoms with Crippen molar-refractivity contribution in [3.05, 3.63) is 34.4 Å². The number of hydrogen-bond donors (Lipinski definition) is 0. The highest BCUT2D eigenvalue weighted by Gasteiger charge is 2.31. The predicted molar refractivity (Wildman–Crippen MR) is 115 cm³/mol. The Bertz CT molecular complexity index is 1020. The monoisotopic (exact) mass is 439 g/mol. The van der Waals surface area contributed by atoms with Gasteiger partial charge < -0.3 is 13.9 Å². The summed E-state index contributed by atoms with van der Waals surface area (Å²) in [4.78, 5) is 17.5. The minimum atomic E-state index is -2.98. The largest absolute Gasteiger partial charge is 0.383 e. The van der Waals surface area contributed by atoms with Gasteiger partial charge in [0.2, 0.25) is 0 Å². The summed E-state index contributed by atoms with van der Waals surface area (Å²) in [6, 6.07) is 1.81. The first kappa shape index (κ1) is 22.1. The molecule has 1 unspecified atom stereocenters. The van der Waals surface area contributed by atoms with Crippen molar-refractivity contribution >= 4 is 27.4 Å². The van der Waals surface area contributed by atoms with Gasteiger partial charge in [0.15, 0.2) is 20.8 Å². The highest BCUT2D eigenvalue weighted by Crippen LogP contribution is 2.30. The molecule has 3 heterocycles. The molecule has 0 spiro atoms.